The van der Waals surface area contributed by atoms with Crippen molar-refractivity contribution in [1.29, 1.82) is 0 Å². The molecular formula is C14H20N4O. The molecule has 0 fully saturated rings. The van der Waals surface area contributed by atoms with Crippen LogP contribution in [0.15, 0.2) is 12.1 Å². The van der Waals surface area contributed by atoms with Crippen molar-refractivity contribution in [2.75, 3.05) is 0 Å². The van der Waals surface area contributed by atoms with Crippen LogP contribution >= 0.6 is 0 Å². The Morgan fingerprint density at radius 1 is 1.21 bits per heavy atom. The number of aromatic hydroxyl groups is 1. The Morgan fingerprint density at radius 3 is 2.58 bits per heavy atom. The summed E-state index contributed by atoms with van der Waals surface area (Å²) in [6, 6.07) is 3.48. The van der Waals surface area contributed by atoms with Crippen molar-refractivity contribution in [1.82, 2.24) is 20.1 Å². The Morgan fingerprint density at radius 2 is 1.95 bits per heavy atom. The molecule has 5 heteroatoms. The van der Waals surface area contributed by atoms with Gasteiger partial charge in [-0.05, 0) is 32.9 Å². The van der Waals surface area contributed by atoms with Crippen molar-refractivity contribution in [2.24, 2.45) is 7.05 Å². The molecule has 0 saturated heterocycles. The minimum absolute atomic E-state index is 0.234. The third-order valence-corrected chi connectivity index (χ3v) is 3.34. The quantitative estimate of drug-likeness (QED) is 0.879. The van der Waals surface area contributed by atoms with Gasteiger partial charge in [0.25, 0.3) is 0 Å². The highest BCUT2D eigenvalue weighted by atomic mass is 16.3. The lowest BCUT2D eigenvalue weighted by Gasteiger charge is -2.07. The first-order chi connectivity index (χ1) is 8.99. The molecule has 0 unspecified atom stereocenters. The van der Waals surface area contributed by atoms with E-state index < -0.39 is 0 Å². The minimum Gasteiger partial charge on any atom is -0.506 e. The molecule has 5 nitrogen and oxygen atoms in total. The first-order valence-corrected chi connectivity index (χ1v) is 6.34. The summed E-state index contributed by atoms with van der Waals surface area (Å²) >= 11 is 0. The van der Waals surface area contributed by atoms with E-state index in [1.54, 1.807) is 12.1 Å². The molecule has 102 valence electrons. The maximum absolute atomic E-state index is 9.73. The van der Waals surface area contributed by atoms with E-state index in [-0.39, 0.29) is 5.75 Å². The van der Waals surface area contributed by atoms with Gasteiger partial charge >= 0.3 is 0 Å². The molecule has 0 aliphatic rings. The summed E-state index contributed by atoms with van der Waals surface area (Å²) in [4.78, 5) is 4.32. The standard InChI is InChI=1S/C14H20N4O/c1-9-5-6-14(19)13(16-9)8-15-7-12-10(2)17-18(4)11(12)3/h5-6,15,19H,7-8H2,1-4H3. The van der Waals surface area contributed by atoms with E-state index in [0.29, 0.717) is 12.2 Å². The predicted octanol–water partition coefficient (Wildman–Crippen LogP) is 1.74. The summed E-state index contributed by atoms with van der Waals surface area (Å²) < 4.78 is 1.88. The van der Waals surface area contributed by atoms with Crippen molar-refractivity contribution in [3.8, 4) is 5.75 Å². The van der Waals surface area contributed by atoms with E-state index in [0.717, 1.165) is 23.6 Å². The number of aryl methyl sites for hydroxylation is 3. The van der Waals surface area contributed by atoms with E-state index in [9.17, 15) is 5.11 Å². The zero-order valence-electron chi connectivity index (χ0n) is 11.9. The first kappa shape index (κ1) is 13.5. The molecule has 2 rings (SSSR count). The monoisotopic (exact) mass is 260 g/mol. The van der Waals surface area contributed by atoms with Gasteiger partial charge in [0, 0.05) is 37.1 Å². The molecule has 0 spiro atoms. The van der Waals surface area contributed by atoms with E-state index in [4.69, 9.17) is 0 Å². The third-order valence-electron chi connectivity index (χ3n) is 3.34. The molecule has 0 radical (unpaired) electrons. The number of hydrogen-bond donors (Lipinski definition) is 2. The Balaban J connectivity index is 2.02. The maximum atomic E-state index is 9.73. The Labute approximate surface area is 113 Å². The van der Waals surface area contributed by atoms with Crippen molar-refractivity contribution >= 4 is 0 Å². The van der Waals surface area contributed by atoms with E-state index in [1.165, 1.54) is 5.56 Å². The SMILES string of the molecule is Cc1ccc(O)c(CNCc2c(C)nn(C)c2C)n1. The van der Waals surface area contributed by atoms with Crippen LogP contribution in [0.25, 0.3) is 0 Å². The van der Waals surface area contributed by atoms with Crippen molar-refractivity contribution in [3.63, 3.8) is 0 Å². The molecule has 0 aromatic carbocycles. The summed E-state index contributed by atoms with van der Waals surface area (Å²) in [7, 11) is 1.94. The summed E-state index contributed by atoms with van der Waals surface area (Å²) in [5, 5.41) is 17.4. The molecule has 0 aliphatic heterocycles. The van der Waals surface area contributed by atoms with E-state index >= 15 is 0 Å². The Kier molecular flexibility index (Phi) is 3.85. The van der Waals surface area contributed by atoms with Crippen molar-refractivity contribution in [3.05, 3.63) is 40.5 Å². The normalized spacial score (nSPS) is 10.9. The lowest BCUT2D eigenvalue weighted by atomic mass is 10.2. The first-order valence-electron chi connectivity index (χ1n) is 6.34. The second kappa shape index (κ2) is 5.40. The summed E-state index contributed by atoms with van der Waals surface area (Å²) in [6.45, 7) is 7.24. The zero-order valence-corrected chi connectivity index (χ0v) is 11.9. The van der Waals surface area contributed by atoms with Gasteiger partial charge in [0.15, 0.2) is 0 Å². The molecule has 0 atom stereocenters. The smallest absolute Gasteiger partial charge is 0.138 e. The molecule has 0 bridgehead atoms. The lowest BCUT2D eigenvalue weighted by molar-refractivity contribution is 0.459. The number of aromatic nitrogens is 3. The van der Waals surface area contributed by atoms with Gasteiger partial charge in [-0.15, -0.1) is 0 Å². The van der Waals surface area contributed by atoms with Gasteiger partial charge in [0.2, 0.25) is 0 Å². The summed E-state index contributed by atoms with van der Waals surface area (Å²) in [5.41, 5.74) is 4.98. The summed E-state index contributed by atoms with van der Waals surface area (Å²) in [5.74, 6) is 0.234. The van der Waals surface area contributed by atoms with Crippen LogP contribution < -0.4 is 5.32 Å². The van der Waals surface area contributed by atoms with E-state index in [2.05, 4.69) is 22.3 Å². The Hall–Kier alpha value is -1.88. The second-order valence-electron chi connectivity index (χ2n) is 4.79. The van der Waals surface area contributed by atoms with Gasteiger partial charge in [-0.2, -0.15) is 5.10 Å². The second-order valence-corrected chi connectivity index (χ2v) is 4.79. The van der Waals surface area contributed by atoms with Gasteiger partial charge in [0.05, 0.1) is 11.4 Å². The fourth-order valence-corrected chi connectivity index (χ4v) is 2.11. The molecule has 2 aromatic rings. The largest absolute Gasteiger partial charge is 0.506 e. The highest BCUT2D eigenvalue weighted by molar-refractivity contribution is 5.28. The third kappa shape index (κ3) is 2.93. The molecule has 2 heterocycles. The Bertz CT molecular complexity index is 589. The van der Waals surface area contributed by atoms with Crippen molar-refractivity contribution in [2.45, 2.75) is 33.9 Å². The van der Waals surface area contributed by atoms with Crippen LogP contribution in [0.1, 0.15) is 28.3 Å². The molecule has 0 amide bonds. The number of hydrogen-bond acceptors (Lipinski definition) is 4. The van der Waals surface area contributed by atoms with Crippen LogP contribution in [0.2, 0.25) is 0 Å². The molecular weight excluding hydrogens is 240 g/mol. The van der Waals surface area contributed by atoms with Gasteiger partial charge in [-0.25, -0.2) is 0 Å². The van der Waals surface area contributed by atoms with Gasteiger partial charge < -0.3 is 10.4 Å². The highest BCUT2D eigenvalue weighted by Crippen LogP contribution is 2.15. The van der Waals surface area contributed by atoms with Gasteiger partial charge in [-0.1, -0.05) is 0 Å². The van der Waals surface area contributed by atoms with Crippen LogP contribution in [0.5, 0.6) is 5.75 Å². The molecule has 0 saturated carbocycles. The van der Waals surface area contributed by atoms with Gasteiger partial charge in [0.1, 0.15) is 5.75 Å². The zero-order chi connectivity index (χ0) is 14.0. The highest BCUT2D eigenvalue weighted by Gasteiger charge is 2.09. The number of nitrogens with one attached hydrogen (secondary N) is 1. The molecule has 2 aromatic heterocycles. The molecule has 2 N–H and O–H groups in total. The maximum Gasteiger partial charge on any atom is 0.138 e. The number of pyridine rings is 1. The van der Waals surface area contributed by atoms with Crippen molar-refractivity contribution < 1.29 is 5.11 Å². The van der Waals surface area contributed by atoms with Gasteiger partial charge in [-0.3, -0.25) is 9.67 Å². The number of rotatable bonds is 4. The van der Waals surface area contributed by atoms with Crippen LogP contribution in [-0.2, 0) is 20.1 Å². The number of nitrogens with zero attached hydrogens (tertiary/aromatic N) is 3. The fraction of sp³-hybridized carbons (Fsp3) is 0.429. The van der Waals surface area contributed by atoms with E-state index in [1.807, 2.05) is 25.6 Å². The predicted molar refractivity (Wildman–Crippen MR) is 73.9 cm³/mol. The minimum atomic E-state index is 0.234. The van der Waals surface area contributed by atoms with Crippen LogP contribution in [-0.4, -0.2) is 19.9 Å². The van der Waals surface area contributed by atoms with Crippen LogP contribution in [0.4, 0.5) is 0 Å². The molecule has 19 heavy (non-hydrogen) atoms. The van der Waals surface area contributed by atoms with Crippen LogP contribution in [0.3, 0.4) is 0 Å². The average molecular weight is 260 g/mol. The lowest BCUT2D eigenvalue weighted by Crippen LogP contribution is -2.15. The fourth-order valence-electron chi connectivity index (χ4n) is 2.11. The summed E-state index contributed by atoms with van der Waals surface area (Å²) in [6.07, 6.45) is 0. The topological polar surface area (TPSA) is 63.0 Å². The molecule has 0 aliphatic carbocycles. The average Bonchev–Trinajstić information content (AvgIpc) is 2.60. The van der Waals surface area contributed by atoms with Crippen LogP contribution in [0, 0.1) is 20.8 Å².